The van der Waals surface area contributed by atoms with Crippen molar-refractivity contribution in [2.45, 2.75) is 38.8 Å². The van der Waals surface area contributed by atoms with Crippen LogP contribution in [0.15, 0.2) is 12.1 Å². The second kappa shape index (κ2) is 5.96. The third-order valence-corrected chi connectivity index (χ3v) is 7.13. The van der Waals surface area contributed by atoms with Crippen molar-refractivity contribution in [2.75, 3.05) is 13.1 Å². The lowest BCUT2D eigenvalue weighted by molar-refractivity contribution is 0.0218. The van der Waals surface area contributed by atoms with Crippen molar-refractivity contribution in [3.05, 3.63) is 22.0 Å². The minimum absolute atomic E-state index is 0.0492. The van der Waals surface area contributed by atoms with Crippen LogP contribution in [0.4, 0.5) is 0 Å². The van der Waals surface area contributed by atoms with Crippen LogP contribution in [0, 0.1) is 12.8 Å². The standard InChI is InChI=1S/C16H20N4OS2/c1-9-14(11-5-7-20(9)8-6-11)17-15(21)12-3-4-13(23-12)16-19-18-10(2)22-16/h3-4,9,11,14H,5-8H2,1-2H3,(H,17,21)/t9-,14-/m0/s1. The summed E-state index contributed by atoms with van der Waals surface area (Å²) in [6.07, 6.45) is 2.41. The van der Waals surface area contributed by atoms with Gasteiger partial charge in [-0.1, -0.05) is 11.3 Å². The predicted octanol–water partition coefficient (Wildman–Crippen LogP) is 2.79. The van der Waals surface area contributed by atoms with Gasteiger partial charge in [0, 0.05) is 12.1 Å². The molecule has 0 spiro atoms. The van der Waals surface area contributed by atoms with Crippen molar-refractivity contribution in [1.29, 1.82) is 0 Å². The van der Waals surface area contributed by atoms with Gasteiger partial charge in [-0.25, -0.2) is 0 Å². The fourth-order valence-corrected chi connectivity index (χ4v) is 5.39. The maximum Gasteiger partial charge on any atom is 0.261 e. The number of hydrogen-bond donors (Lipinski definition) is 1. The van der Waals surface area contributed by atoms with Crippen LogP contribution in [0.3, 0.4) is 0 Å². The van der Waals surface area contributed by atoms with Crippen LogP contribution in [0.25, 0.3) is 9.88 Å². The van der Waals surface area contributed by atoms with Crippen LogP contribution in [-0.4, -0.2) is 46.2 Å². The van der Waals surface area contributed by atoms with Crippen molar-refractivity contribution in [3.63, 3.8) is 0 Å². The van der Waals surface area contributed by atoms with Gasteiger partial charge < -0.3 is 5.32 Å². The summed E-state index contributed by atoms with van der Waals surface area (Å²) in [6, 6.07) is 4.59. The van der Waals surface area contributed by atoms with Gasteiger partial charge in [0.1, 0.15) is 5.01 Å². The molecule has 3 fully saturated rings. The lowest BCUT2D eigenvalue weighted by Gasteiger charge is -2.49. The van der Waals surface area contributed by atoms with E-state index in [1.807, 2.05) is 19.1 Å². The number of carbonyl (C=O) groups is 1. The fourth-order valence-electron chi connectivity index (χ4n) is 3.74. The molecular formula is C16H20N4OS2. The summed E-state index contributed by atoms with van der Waals surface area (Å²) in [4.78, 5) is 16.9. The largest absolute Gasteiger partial charge is 0.347 e. The molecule has 2 atom stereocenters. The number of hydrogen-bond acceptors (Lipinski definition) is 6. The highest BCUT2D eigenvalue weighted by molar-refractivity contribution is 7.22. The van der Waals surface area contributed by atoms with Gasteiger partial charge in [-0.2, -0.15) is 0 Å². The van der Waals surface area contributed by atoms with Gasteiger partial charge in [0.05, 0.1) is 9.75 Å². The molecule has 0 saturated carbocycles. The predicted molar refractivity (Wildman–Crippen MR) is 93.0 cm³/mol. The number of carbonyl (C=O) groups excluding carboxylic acids is 1. The average molecular weight is 348 g/mol. The van der Waals surface area contributed by atoms with E-state index in [0.29, 0.717) is 12.0 Å². The summed E-state index contributed by atoms with van der Waals surface area (Å²) >= 11 is 3.06. The number of piperidine rings is 3. The number of nitrogens with one attached hydrogen (secondary N) is 1. The highest BCUT2D eigenvalue weighted by Gasteiger charge is 2.40. The molecule has 1 amide bonds. The molecule has 0 aliphatic carbocycles. The molecule has 5 nitrogen and oxygen atoms in total. The van der Waals surface area contributed by atoms with E-state index in [0.717, 1.165) is 19.8 Å². The van der Waals surface area contributed by atoms with Gasteiger partial charge in [-0.3, -0.25) is 9.69 Å². The van der Waals surface area contributed by atoms with Crippen molar-refractivity contribution >= 4 is 28.6 Å². The first kappa shape index (κ1) is 15.2. The molecule has 2 aromatic rings. The first-order chi connectivity index (χ1) is 11.1. The SMILES string of the molecule is Cc1nnc(-c2ccc(C(=O)N[C@@H]3C4CCN(CC4)[C@H]3C)s2)s1. The molecule has 0 radical (unpaired) electrons. The summed E-state index contributed by atoms with van der Waals surface area (Å²) in [5.41, 5.74) is 0. The van der Waals surface area contributed by atoms with Gasteiger partial charge in [0.15, 0.2) is 5.01 Å². The van der Waals surface area contributed by atoms with Crippen LogP contribution in [0.2, 0.25) is 0 Å². The number of rotatable bonds is 3. The Bertz CT molecular complexity index is 715. The molecule has 2 aromatic heterocycles. The molecule has 3 saturated heterocycles. The Morgan fingerprint density at radius 1 is 1.26 bits per heavy atom. The van der Waals surface area contributed by atoms with E-state index >= 15 is 0 Å². The lowest BCUT2D eigenvalue weighted by Crippen LogP contribution is -2.62. The Hall–Kier alpha value is -1.31. The number of thiophene rings is 1. The van der Waals surface area contributed by atoms with Gasteiger partial charge in [-0.05, 0) is 57.8 Å². The number of fused-ring (bicyclic) bond motifs is 3. The van der Waals surface area contributed by atoms with E-state index in [1.165, 1.54) is 37.3 Å². The van der Waals surface area contributed by atoms with Crippen LogP contribution in [0.1, 0.15) is 34.4 Å². The van der Waals surface area contributed by atoms with Gasteiger partial charge >= 0.3 is 0 Å². The zero-order valence-corrected chi connectivity index (χ0v) is 14.9. The van der Waals surface area contributed by atoms with E-state index < -0.39 is 0 Å². The number of nitrogens with zero attached hydrogens (tertiary/aromatic N) is 3. The Labute approximate surface area is 143 Å². The lowest BCUT2D eigenvalue weighted by atomic mass is 9.79. The van der Waals surface area contributed by atoms with Gasteiger partial charge in [-0.15, -0.1) is 21.5 Å². The first-order valence-corrected chi connectivity index (χ1v) is 9.70. The Morgan fingerprint density at radius 3 is 2.70 bits per heavy atom. The molecule has 0 aromatic carbocycles. The second-order valence-electron chi connectivity index (χ2n) is 6.40. The molecule has 122 valence electrons. The summed E-state index contributed by atoms with van der Waals surface area (Å²) in [5.74, 6) is 0.678. The molecule has 0 unspecified atom stereocenters. The molecule has 3 aliphatic heterocycles. The molecule has 23 heavy (non-hydrogen) atoms. The monoisotopic (exact) mass is 348 g/mol. The highest BCUT2D eigenvalue weighted by atomic mass is 32.1. The Morgan fingerprint density at radius 2 is 2.04 bits per heavy atom. The van der Waals surface area contributed by atoms with Gasteiger partial charge in [0.25, 0.3) is 5.91 Å². The van der Waals surface area contributed by atoms with Crippen LogP contribution in [-0.2, 0) is 0 Å². The van der Waals surface area contributed by atoms with Gasteiger partial charge in [0.2, 0.25) is 0 Å². The Balaban J connectivity index is 1.48. The number of aromatic nitrogens is 2. The maximum atomic E-state index is 12.6. The molecular weight excluding hydrogens is 328 g/mol. The zero-order valence-electron chi connectivity index (χ0n) is 13.3. The quantitative estimate of drug-likeness (QED) is 0.927. The minimum atomic E-state index is 0.0492. The van der Waals surface area contributed by atoms with E-state index in [4.69, 9.17) is 0 Å². The summed E-state index contributed by atoms with van der Waals surface area (Å²) < 4.78 is 0. The molecule has 3 aliphatic rings. The summed E-state index contributed by atoms with van der Waals surface area (Å²) in [6.45, 7) is 6.53. The third kappa shape index (κ3) is 2.81. The van der Waals surface area contributed by atoms with E-state index in [-0.39, 0.29) is 11.9 Å². The van der Waals surface area contributed by atoms with Crippen LogP contribution >= 0.6 is 22.7 Å². The van der Waals surface area contributed by atoms with E-state index in [1.54, 1.807) is 11.3 Å². The highest BCUT2D eigenvalue weighted by Crippen LogP contribution is 2.33. The third-order valence-electron chi connectivity index (χ3n) is 5.04. The maximum absolute atomic E-state index is 12.6. The summed E-state index contributed by atoms with van der Waals surface area (Å²) in [7, 11) is 0. The average Bonchev–Trinajstić information content (AvgIpc) is 3.20. The van der Waals surface area contributed by atoms with Crippen LogP contribution in [0.5, 0.6) is 0 Å². The van der Waals surface area contributed by atoms with E-state index in [9.17, 15) is 4.79 Å². The van der Waals surface area contributed by atoms with Crippen molar-refractivity contribution in [1.82, 2.24) is 20.4 Å². The van der Waals surface area contributed by atoms with Crippen molar-refractivity contribution < 1.29 is 4.79 Å². The molecule has 5 rings (SSSR count). The molecule has 2 bridgehead atoms. The minimum Gasteiger partial charge on any atom is -0.347 e. The Kier molecular flexibility index (Phi) is 3.95. The summed E-state index contributed by atoms with van der Waals surface area (Å²) in [5, 5.41) is 13.3. The van der Waals surface area contributed by atoms with Crippen molar-refractivity contribution in [2.24, 2.45) is 5.92 Å². The smallest absolute Gasteiger partial charge is 0.261 e. The van der Waals surface area contributed by atoms with Crippen molar-refractivity contribution in [3.8, 4) is 9.88 Å². The normalized spacial score (nSPS) is 29.7. The topological polar surface area (TPSA) is 58.1 Å². The molecule has 7 heteroatoms. The molecule has 1 N–H and O–H groups in total. The second-order valence-corrected chi connectivity index (χ2v) is 8.67. The van der Waals surface area contributed by atoms with Crippen LogP contribution < -0.4 is 5.32 Å². The van der Waals surface area contributed by atoms with E-state index in [2.05, 4.69) is 27.3 Å². The molecule has 5 heterocycles. The fraction of sp³-hybridized carbons (Fsp3) is 0.562. The first-order valence-electron chi connectivity index (χ1n) is 8.07. The number of aryl methyl sites for hydroxylation is 1. The zero-order chi connectivity index (χ0) is 16.0. The number of amides is 1.